The number of esters is 1. The fourth-order valence-electron chi connectivity index (χ4n) is 5.86. The van der Waals surface area contributed by atoms with Gasteiger partial charge in [-0.1, -0.05) is 13.0 Å². The summed E-state index contributed by atoms with van der Waals surface area (Å²) in [7, 11) is 0. The quantitative estimate of drug-likeness (QED) is 0.569. The number of carbonyl (C=O) groups is 2. The Hall–Kier alpha value is -1.64. The second-order valence-corrected chi connectivity index (χ2v) is 8.20. The summed E-state index contributed by atoms with van der Waals surface area (Å²) < 4.78 is 5.57. The second kappa shape index (κ2) is 5.44. The molecule has 0 saturated heterocycles. The maximum atomic E-state index is 12.4. The topological polar surface area (TPSA) is 43.4 Å². The van der Waals surface area contributed by atoms with Crippen LogP contribution < -0.4 is 4.74 Å². The van der Waals surface area contributed by atoms with Crippen molar-refractivity contribution in [3.05, 3.63) is 28.8 Å². The molecule has 0 unspecified atom stereocenters. The van der Waals surface area contributed by atoms with E-state index in [0.29, 0.717) is 23.5 Å². The first-order valence-corrected chi connectivity index (χ1v) is 9.26. The number of carbonyl (C=O) groups excluding carboxylic acids is 2. The summed E-state index contributed by atoms with van der Waals surface area (Å²) in [6.45, 7) is 5.82. The minimum atomic E-state index is -0.250. The number of fused-ring (bicyclic) bond motifs is 5. The van der Waals surface area contributed by atoms with Gasteiger partial charge < -0.3 is 4.74 Å². The van der Waals surface area contributed by atoms with Gasteiger partial charge >= 0.3 is 5.97 Å². The summed E-state index contributed by atoms with van der Waals surface area (Å²) in [5.41, 5.74) is 3.84. The first kappa shape index (κ1) is 15.9. The van der Waals surface area contributed by atoms with Crippen LogP contribution in [0.15, 0.2) is 12.1 Å². The van der Waals surface area contributed by atoms with E-state index in [-0.39, 0.29) is 11.4 Å². The van der Waals surface area contributed by atoms with Crippen LogP contribution in [0.5, 0.6) is 5.75 Å². The van der Waals surface area contributed by atoms with Gasteiger partial charge in [-0.2, -0.15) is 0 Å². The van der Waals surface area contributed by atoms with Crippen molar-refractivity contribution in [3.8, 4) is 5.75 Å². The lowest BCUT2D eigenvalue weighted by atomic mass is 9.55. The number of ketones is 1. The molecule has 0 aromatic heterocycles. The highest BCUT2D eigenvalue weighted by Gasteiger charge is 2.55. The number of benzene rings is 1. The maximum Gasteiger partial charge on any atom is 0.308 e. The molecule has 0 aliphatic heterocycles. The van der Waals surface area contributed by atoms with E-state index >= 15 is 0 Å². The summed E-state index contributed by atoms with van der Waals surface area (Å²) in [5, 5.41) is 0. The van der Waals surface area contributed by atoms with E-state index in [1.807, 2.05) is 6.07 Å². The standard InChI is InChI=1S/C21H26O3/c1-12-4-8-18(24-13(2)22)20-14(12)5-6-15-16(20)10-11-21(3)17(15)7-9-19(21)23/h4,8,15-17H,5-7,9-11H2,1-3H3/t15-,16+,17-,21-/m0/s1. The minimum Gasteiger partial charge on any atom is -0.426 e. The lowest BCUT2D eigenvalue weighted by molar-refractivity contribution is -0.132. The Morgan fingerprint density at radius 2 is 2.00 bits per heavy atom. The molecule has 0 radical (unpaired) electrons. The van der Waals surface area contributed by atoms with Crippen LogP contribution in [0.3, 0.4) is 0 Å². The number of Topliss-reactive ketones (excluding diaryl/α,β-unsaturated/α-hetero) is 1. The first-order valence-electron chi connectivity index (χ1n) is 9.26. The average Bonchev–Trinajstić information content (AvgIpc) is 2.85. The lowest BCUT2D eigenvalue weighted by Gasteiger charge is -2.48. The molecule has 3 heteroatoms. The molecule has 3 aliphatic carbocycles. The molecule has 3 nitrogen and oxygen atoms in total. The van der Waals surface area contributed by atoms with E-state index in [1.165, 1.54) is 23.6 Å². The highest BCUT2D eigenvalue weighted by atomic mass is 16.5. The fraction of sp³-hybridized carbons (Fsp3) is 0.619. The summed E-state index contributed by atoms with van der Waals surface area (Å²) >= 11 is 0. The molecule has 4 rings (SSSR count). The van der Waals surface area contributed by atoms with Gasteiger partial charge in [0.1, 0.15) is 11.5 Å². The van der Waals surface area contributed by atoms with Crippen molar-refractivity contribution >= 4 is 11.8 Å². The number of hydrogen-bond acceptors (Lipinski definition) is 3. The number of hydrogen-bond donors (Lipinski definition) is 0. The molecule has 0 bridgehead atoms. The van der Waals surface area contributed by atoms with E-state index in [4.69, 9.17) is 4.74 Å². The van der Waals surface area contributed by atoms with Gasteiger partial charge in [0.05, 0.1) is 0 Å². The SMILES string of the molecule is CC(=O)Oc1ccc(C)c2c1[C@@H]1CC[C@]3(C)C(=O)CC[C@H]3[C@H]1CC2. The molecule has 1 aromatic rings. The summed E-state index contributed by atoms with van der Waals surface area (Å²) in [6.07, 6.45) is 6.01. The third-order valence-corrected chi connectivity index (χ3v) is 7.05. The van der Waals surface area contributed by atoms with Crippen molar-refractivity contribution in [2.45, 2.75) is 65.2 Å². The smallest absolute Gasteiger partial charge is 0.308 e. The van der Waals surface area contributed by atoms with Gasteiger partial charge in [0.2, 0.25) is 0 Å². The Labute approximate surface area is 143 Å². The molecule has 0 heterocycles. The van der Waals surface area contributed by atoms with Crippen molar-refractivity contribution < 1.29 is 14.3 Å². The van der Waals surface area contributed by atoms with Gasteiger partial charge in [-0.3, -0.25) is 9.59 Å². The Balaban J connectivity index is 1.78. The zero-order valence-corrected chi connectivity index (χ0v) is 14.9. The van der Waals surface area contributed by atoms with Crippen molar-refractivity contribution in [2.75, 3.05) is 0 Å². The zero-order chi connectivity index (χ0) is 17.1. The van der Waals surface area contributed by atoms with Gasteiger partial charge in [-0.05, 0) is 74.0 Å². The largest absolute Gasteiger partial charge is 0.426 e. The van der Waals surface area contributed by atoms with E-state index in [2.05, 4.69) is 19.9 Å². The monoisotopic (exact) mass is 326 g/mol. The van der Waals surface area contributed by atoms with Gasteiger partial charge in [-0.15, -0.1) is 0 Å². The van der Waals surface area contributed by atoms with Crippen LogP contribution in [0, 0.1) is 24.2 Å². The second-order valence-electron chi connectivity index (χ2n) is 8.20. The van der Waals surface area contributed by atoms with Crippen LogP contribution in [-0.4, -0.2) is 11.8 Å². The Morgan fingerprint density at radius 1 is 1.21 bits per heavy atom. The molecule has 0 amide bonds. The highest BCUT2D eigenvalue weighted by molar-refractivity contribution is 5.87. The van der Waals surface area contributed by atoms with E-state index in [0.717, 1.165) is 44.3 Å². The minimum absolute atomic E-state index is 0.107. The summed E-state index contributed by atoms with van der Waals surface area (Å²) in [5.74, 6) is 2.47. The molecular formula is C21H26O3. The molecule has 0 N–H and O–H groups in total. The van der Waals surface area contributed by atoms with Crippen LogP contribution in [0.2, 0.25) is 0 Å². The van der Waals surface area contributed by atoms with Crippen molar-refractivity contribution in [3.63, 3.8) is 0 Å². The number of rotatable bonds is 1. The van der Waals surface area contributed by atoms with E-state index < -0.39 is 0 Å². The first-order chi connectivity index (χ1) is 11.4. The molecular weight excluding hydrogens is 300 g/mol. The van der Waals surface area contributed by atoms with Gasteiger partial charge in [-0.25, -0.2) is 0 Å². The Morgan fingerprint density at radius 3 is 2.75 bits per heavy atom. The van der Waals surface area contributed by atoms with Crippen LogP contribution in [-0.2, 0) is 16.0 Å². The van der Waals surface area contributed by atoms with E-state index in [9.17, 15) is 9.59 Å². The summed E-state index contributed by atoms with van der Waals surface area (Å²) in [6, 6.07) is 4.04. The van der Waals surface area contributed by atoms with Gasteiger partial charge in [0, 0.05) is 24.3 Å². The molecule has 1 aromatic carbocycles. The van der Waals surface area contributed by atoms with E-state index in [1.54, 1.807) is 0 Å². The Kier molecular flexibility index (Phi) is 3.59. The van der Waals surface area contributed by atoms with Crippen LogP contribution in [0.4, 0.5) is 0 Å². The third kappa shape index (κ3) is 2.17. The molecule has 2 fully saturated rings. The predicted molar refractivity (Wildman–Crippen MR) is 92.1 cm³/mol. The lowest BCUT2D eigenvalue weighted by Crippen LogP contribution is -2.42. The normalized spacial score (nSPS) is 34.3. The molecule has 4 atom stereocenters. The Bertz CT molecular complexity index is 720. The average molecular weight is 326 g/mol. The van der Waals surface area contributed by atoms with Crippen molar-refractivity contribution in [1.29, 1.82) is 0 Å². The number of ether oxygens (including phenoxy) is 1. The molecule has 128 valence electrons. The summed E-state index contributed by atoms with van der Waals surface area (Å²) in [4.78, 5) is 24.0. The van der Waals surface area contributed by atoms with Crippen LogP contribution >= 0.6 is 0 Å². The molecule has 2 saturated carbocycles. The predicted octanol–water partition coefficient (Wildman–Crippen LogP) is 4.35. The van der Waals surface area contributed by atoms with Crippen LogP contribution in [0.1, 0.15) is 68.6 Å². The van der Waals surface area contributed by atoms with Gasteiger partial charge in [0.15, 0.2) is 0 Å². The number of aryl methyl sites for hydroxylation is 1. The van der Waals surface area contributed by atoms with Crippen LogP contribution in [0.25, 0.3) is 0 Å². The third-order valence-electron chi connectivity index (χ3n) is 7.05. The molecule has 24 heavy (non-hydrogen) atoms. The molecule has 3 aliphatic rings. The molecule has 0 spiro atoms. The van der Waals surface area contributed by atoms with Crippen molar-refractivity contribution in [2.24, 2.45) is 17.3 Å². The maximum absolute atomic E-state index is 12.4. The fourth-order valence-corrected chi connectivity index (χ4v) is 5.86. The van der Waals surface area contributed by atoms with Crippen molar-refractivity contribution in [1.82, 2.24) is 0 Å². The zero-order valence-electron chi connectivity index (χ0n) is 14.9. The highest BCUT2D eigenvalue weighted by Crippen LogP contribution is 2.60. The van der Waals surface area contributed by atoms with Gasteiger partial charge in [0.25, 0.3) is 0 Å².